The van der Waals surface area contributed by atoms with Gasteiger partial charge >= 0.3 is 0 Å². The maximum atomic E-state index is 10.1. The fourth-order valence-corrected chi connectivity index (χ4v) is 5.37. The average Bonchev–Trinajstić information content (AvgIpc) is 3.19. The van der Waals surface area contributed by atoms with Crippen molar-refractivity contribution in [2.45, 2.75) is 37.6 Å². The summed E-state index contributed by atoms with van der Waals surface area (Å²) in [7, 11) is 0. The molecule has 0 unspecified atom stereocenters. The molecule has 0 amide bonds. The van der Waals surface area contributed by atoms with E-state index < -0.39 is 28.6 Å². The Morgan fingerprint density at radius 2 is 2.00 bits per heavy atom. The molecule has 4 atom stereocenters. The van der Waals surface area contributed by atoms with Crippen LogP contribution < -0.4 is 0 Å². The fraction of sp³-hybridized carbons (Fsp3) is 0.529. The summed E-state index contributed by atoms with van der Waals surface area (Å²) >= 11 is 1.38. The predicted molar refractivity (Wildman–Crippen MR) is 83.4 cm³/mol. The first-order chi connectivity index (χ1) is 11.6. The van der Waals surface area contributed by atoms with Gasteiger partial charge < -0.3 is 9.47 Å². The highest BCUT2D eigenvalue weighted by Crippen LogP contribution is 2.69. The molecule has 1 aliphatic carbocycles. The predicted octanol–water partition coefficient (Wildman–Crippen LogP) is 3.26. The molecule has 2 aliphatic heterocycles. The second-order valence-corrected chi connectivity index (χ2v) is 7.49. The van der Waals surface area contributed by atoms with Gasteiger partial charge in [0.25, 0.3) is 0 Å². The van der Waals surface area contributed by atoms with Gasteiger partial charge in [0.1, 0.15) is 6.10 Å². The molecule has 24 heavy (non-hydrogen) atoms. The molecule has 1 aromatic heterocycles. The van der Waals surface area contributed by atoms with Crippen LogP contribution in [-0.4, -0.2) is 11.7 Å². The number of rotatable bonds is 1. The molecule has 3 aliphatic rings. The molecular formula is C17H14N4O2S. The van der Waals surface area contributed by atoms with E-state index in [-0.39, 0.29) is 5.90 Å². The van der Waals surface area contributed by atoms with Crippen molar-refractivity contribution in [1.29, 1.82) is 21.2 Å². The molecule has 0 spiro atoms. The van der Waals surface area contributed by atoms with Gasteiger partial charge in [0.05, 0.1) is 24.1 Å². The van der Waals surface area contributed by atoms with Crippen LogP contribution in [0.2, 0.25) is 0 Å². The standard InChI is InChI=1S/C17H14N4O2S/c18-8-15(9-19)13(11-4-3-7-24-11)22-17-6-2-1-5-12(17)16(15,10-20)14(21)23-17/h3-4,7,12-13,21H,1-2,5-6H2/t12-,13+,16+,17-/m1/s1. The van der Waals surface area contributed by atoms with Gasteiger partial charge in [-0.05, 0) is 24.3 Å². The number of ether oxygens (including phenoxy) is 2. The minimum atomic E-state index is -1.80. The minimum Gasteiger partial charge on any atom is -0.447 e. The normalized spacial score (nSPS) is 39.0. The van der Waals surface area contributed by atoms with Crippen LogP contribution in [0.4, 0.5) is 0 Å². The highest BCUT2D eigenvalue weighted by atomic mass is 32.1. The van der Waals surface area contributed by atoms with Crippen molar-refractivity contribution in [2.75, 3.05) is 0 Å². The Morgan fingerprint density at radius 1 is 1.21 bits per heavy atom. The number of hydrogen-bond donors (Lipinski definition) is 1. The maximum Gasteiger partial charge on any atom is 0.217 e. The lowest BCUT2D eigenvalue weighted by atomic mass is 9.52. The molecule has 1 saturated carbocycles. The fourth-order valence-electron chi connectivity index (χ4n) is 4.56. The summed E-state index contributed by atoms with van der Waals surface area (Å²) in [5.41, 5.74) is -3.39. The molecule has 2 saturated heterocycles. The highest BCUT2D eigenvalue weighted by Gasteiger charge is 2.80. The van der Waals surface area contributed by atoms with Gasteiger partial charge in [-0.3, -0.25) is 5.41 Å². The van der Waals surface area contributed by atoms with E-state index in [9.17, 15) is 15.8 Å². The van der Waals surface area contributed by atoms with Crippen LogP contribution in [0, 0.1) is 56.2 Å². The van der Waals surface area contributed by atoms with Crippen LogP contribution in [0.15, 0.2) is 17.5 Å². The van der Waals surface area contributed by atoms with E-state index in [0.717, 1.165) is 12.8 Å². The topological polar surface area (TPSA) is 114 Å². The molecule has 0 radical (unpaired) electrons. The SMILES string of the molecule is N#CC1(C#N)[C@H](c2cccs2)O[C@@]23CCCC[C@@H]2[C@@]1(C#N)C(=N)O3. The summed E-state index contributed by atoms with van der Waals surface area (Å²) in [6.45, 7) is 0. The lowest BCUT2D eigenvalue weighted by molar-refractivity contribution is -0.293. The molecule has 6 nitrogen and oxygen atoms in total. The van der Waals surface area contributed by atoms with E-state index in [4.69, 9.17) is 14.9 Å². The molecule has 3 fully saturated rings. The van der Waals surface area contributed by atoms with Crippen molar-refractivity contribution < 1.29 is 9.47 Å². The zero-order chi connectivity index (χ0) is 17.0. The van der Waals surface area contributed by atoms with Crippen molar-refractivity contribution in [1.82, 2.24) is 0 Å². The van der Waals surface area contributed by atoms with E-state index in [0.29, 0.717) is 17.7 Å². The van der Waals surface area contributed by atoms with Crippen molar-refractivity contribution in [3.05, 3.63) is 22.4 Å². The lowest BCUT2D eigenvalue weighted by Gasteiger charge is -2.51. The van der Waals surface area contributed by atoms with Crippen molar-refractivity contribution >= 4 is 17.2 Å². The van der Waals surface area contributed by atoms with Gasteiger partial charge in [-0.1, -0.05) is 12.5 Å². The number of thiophene rings is 1. The Bertz CT molecular complexity index is 816. The molecule has 2 bridgehead atoms. The smallest absolute Gasteiger partial charge is 0.217 e. The first-order valence-electron chi connectivity index (χ1n) is 7.83. The summed E-state index contributed by atoms with van der Waals surface area (Å²) in [5, 5.41) is 40.2. The summed E-state index contributed by atoms with van der Waals surface area (Å²) < 4.78 is 12.1. The molecule has 7 heteroatoms. The summed E-state index contributed by atoms with van der Waals surface area (Å²) in [6.07, 6.45) is 2.02. The van der Waals surface area contributed by atoms with Crippen LogP contribution in [0.3, 0.4) is 0 Å². The summed E-state index contributed by atoms with van der Waals surface area (Å²) in [6, 6.07) is 9.91. The molecule has 120 valence electrons. The second-order valence-electron chi connectivity index (χ2n) is 6.51. The van der Waals surface area contributed by atoms with E-state index in [2.05, 4.69) is 18.2 Å². The monoisotopic (exact) mass is 338 g/mol. The zero-order valence-corrected chi connectivity index (χ0v) is 13.6. The molecular weight excluding hydrogens is 324 g/mol. The largest absolute Gasteiger partial charge is 0.447 e. The van der Waals surface area contributed by atoms with Gasteiger partial charge in [-0.25, -0.2) is 0 Å². The molecule has 1 aromatic rings. The third-order valence-corrected chi connectivity index (χ3v) is 6.53. The first-order valence-corrected chi connectivity index (χ1v) is 8.71. The summed E-state index contributed by atoms with van der Waals surface area (Å²) in [4.78, 5) is 0.708. The number of nitriles is 3. The molecule has 3 heterocycles. The van der Waals surface area contributed by atoms with Crippen molar-refractivity contribution in [3.8, 4) is 18.2 Å². The van der Waals surface area contributed by atoms with Gasteiger partial charge in [0.15, 0.2) is 5.41 Å². The quantitative estimate of drug-likeness (QED) is 0.844. The van der Waals surface area contributed by atoms with Crippen LogP contribution in [-0.2, 0) is 9.47 Å². The summed E-state index contributed by atoms with van der Waals surface area (Å²) in [5.74, 6) is -1.83. The van der Waals surface area contributed by atoms with Crippen LogP contribution >= 0.6 is 11.3 Å². The Kier molecular flexibility index (Phi) is 3.03. The number of nitrogens with one attached hydrogen (secondary N) is 1. The molecule has 1 N–H and O–H groups in total. The maximum absolute atomic E-state index is 10.1. The Morgan fingerprint density at radius 3 is 2.62 bits per heavy atom. The van der Waals surface area contributed by atoms with Gasteiger partial charge in [0, 0.05) is 11.3 Å². The van der Waals surface area contributed by atoms with Crippen LogP contribution in [0.25, 0.3) is 0 Å². The zero-order valence-electron chi connectivity index (χ0n) is 12.8. The van der Waals surface area contributed by atoms with Crippen LogP contribution in [0.1, 0.15) is 36.7 Å². The van der Waals surface area contributed by atoms with E-state index in [1.165, 1.54) is 11.3 Å². The van der Waals surface area contributed by atoms with Crippen molar-refractivity contribution in [3.63, 3.8) is 0 Å². The Hall–Kier alpha value is -2.40. The third-order valence-electron chi connectivity index (χ3n) is 5.62. The number of hydrogen-bond acceptors (Lipinski definition) is 7. The van der Waals surface area contributed by atoms with E-state index in [1.54, 1.807) is 6.07 Å². The Balaban J connectivity index is 2.02. The van der Waals surface area contributed by atoms with Crippen LogP contribution in [0.5, 0.6) is 0 Å². The van der Waals surface area contributed by atoms with Gasteiger partial charge in [-0.15, -0.1) is 11.3 Å². The first kappa shape index (κ1) is 15.1. The minimum absolute atomic E-state index is 0.293. The second kappa shape index (κ2) is 4.80. The lowest BCUT2D eigenvalue weighted by Crippen LogP contribution is -2.60. The third kappa shape index (κ3) is 1.44. The molecule has 0 aromatic carbocycles. The van der Waals surface area contributed by atoms with Crippen molar-refractivity contribution in [2.24, 2.45) is 16.7 Å². The highest BCUT2D eigenvalue weighted by molar-refractivity contribution is 7.10. The van der Waals surface area contributed by atoms with E-state index in [1.807, 2.05) is 11.4 Å². The van der Waals surface area contributed by atoms with Gasteiger partial charge in [-0.2, -0.15) is 15.8 Å². The van der Waals surface area contributed by atoms with Gasteiger partial charge in [0.2, 0.25) is 17.1 Å². The average molecular weight is 338 g/mol. The Labute approximate surface area is 143 Å². The van der Waals surface area contributed by atoms with E-state index >= 15 is 0 Å². The molecule has 4 rings (SSSR count). The number of nitrogens with zero attached hydrogens (tertiary/aromatic N) is 3.